The summed E-state index contributed by atoms with van der Waals surface area (Å²) in [6.45, 7) is 0. The van der Waals surface area contributed by atoms with Crippen LogP contribution in [0.1, 0.15) is 20.7 Å². The molecule has 0 aliphatic carbocycles. The molecule has 5 rings (SSSR count). The number of benzene rings is 3. The standard InChI is InChI=1S/C29H19F3N4O8/c1-42-21-10-15-19(11-22(21)43-2)34-8-7-20(15)44-25-18(31)9-16(26(33)37)24(23(25)32)35-12-17(28(39)40)27(38)36(29(35)41)14-5-3-13(30)4-6-14/h3-12H,1-2H3,(H2,33,37)(H,39,40). The lowest BCUT2D eigenvalue weighted by Crippen LogP contribution is -2.41. The average molecular weight is 608 g/mol. The Morgan fingerprint density at radius 2 is 1.57 bits per heavy atom. The smallest absolute Gasteiger partial charge is 0.342 e. The van der Waals surface area contributed by atoms with E-state index in [-0.39, 0.29) is 28.1 Å². The third kappa shape index (κ3) is 4.95. The van der Waals surface area contributed by atoms with Gasteiger partial charge < -0.3 is 25.1 Å². The minimum absolute atomic E-state index is 0.138. The molecule has 12 nitrogen and oxygen atoms in total. The van der Waals surface area contributed by atoms with Crippen LogP contribution >= 0.6 is 0 Å². The van der Waals surface area contributed by atoms with E-state index in [4.69, 9.17) is 19.9 Å². The highest BCUT2D eigenvalue weighted by Crippen LogP contribution is 2.39. The number of fused-ring (bicyclic) bond motifs is 1. The number of halogens is 3. The van der Waals surface area contributed by atoms with Crippen LogP contribution < -0.4 is 31.2 Å². The third-order valence-electron chi connectivity index (χ3n) is 6.48. The van der Waals surface area contributed by atoms with Crippen LogP contribution in [0.2, 0.25) is 0 Å². The van der Waals surface area contributed by atoms with Crippen LogP contribution in [0.15, 0.2) is 70.5 Å². The highest BCUT2D eigenvalue weighted by Gasteiger charge is 2.28. The summed E-state index contributed by atoms with van der Waals surface area (Å²) in [6, 6.07) is 8.46. The molecule has 5 aromatic rings. The van der Waals surface area contributed by atoms with Crippen molar-refractivity contribution in [3.8, 4) is 34.4 Å². The van der Waals surface area contributed by atoms with Gasteiger partial charge in [-0.25, -0.2) is 27.3 Å². The van der Waals surface area contributed by atoms with Crippen LogP contribution in [0.5, 0.6) is 23.0 Å². The number of methoxy groups -OCH3 is 2. The zero-order chi connectivity index (χ0) is 31.9. The molecule has 0 unspecified atom stereocenters. The summed E-state index contributed by atoms with van der Waals surface area (Å²) in [7, 11) is 2.76. The fourth-order valence-corrected chi connectivity index (χ4v) is 4.43. The van der Waals surface area contributed by atoms with Crippen molar-refractivity contribution in [2.45, 2.75) is 0 Å². The summed E-state index contributed by atoms with van der Waals surface area (Å²) in [5.41, 5.74) is -0.317. The van der Waals surface area contributed by atoms with Gasteiger partial charge in [0.25, 0.3) is 11.5 Å². The Labute approximate surface area is 243 Å². The SMILES string of the molecule is COc1cc2nccc(Oc3c(F)cc(C(N)=O)c(-n4cc(C(=O)O)c(=O)n(-c5ccc(F)cc5)c4=O)c3F)c2cc1OC. The van der Waals surface area contributed by atoms with E-state index in [9.17, 15) is 28.7 Å². The van der Waals surface area contributed by atoms with E-state index in [1.54, 1.807) is 0 Å². The Morgan fingerprint density at radius 1 is 0.909 bits per heavy atom. The summed E-state index contributed by atoms with van der Waals surface area (Å²) in [5, 5.41) is 9.90. The molecule has 0 aliphatic heterocycles. The van der Waals surface area contributed by atoms with Crippen LogP contribution in [-0.2, 0) is 0 Å². The van der Waals surface area contributed by atoms with Gasteiger partial charge in [0.05, 0.1) is 31.0 Å². The molecule has 0 bridgehead atoms. The molecule has 1 amide bonds. The van der Waals surface area contributed by atoms with Gasteiger partial charge in [0.1, 0.15) is 22.8 Å². The number of aromatic carboxylic acids is 1. The van der Waals surface area contributed by atoms with Crippen molar-refractivity contribution in [3.05, 3.63) is 110 Å². The van der Waals surface area contributed by atoms with Crippen molar-refractivity contribution in [2.75, 3.05) is 14.2 Å². The number of carboxylic acids is 1. The van der Waals surface area contributed by atoms with Gasteiger partial charge in [-0.1, -0.05) is 0 Å². The molecule has 3 aromatic carbocycles. The van der Waals surface area contributed by atoms with E-state index in [2.05, 4.69) is 4.98 Å². The van der Waals surface area contributed by atoms with Gasteiger partial charge in [-0.2, -0.15) is 0 Å². The molecule has 0 aliphatic rings. The number of aromatic nitrogens is 3. The van der Waals surface area contributed by atoms with E-state index in [0.29, 0.717) is 27.1 Å². The lowest BCUT2D eigenvalue weighted by atomic mass is 10.1. The van der Waals surface area contributed by atoms with Crippen LogP contribution in [0.25, 0.3) is 22.3 Å². The Bertz CT molecular complexity index is 2110. The van der Waals surface area contributed by atoms with Gasteiger partial charge >= 0.3 is 11.7 Å². The van der Waals surface area contributed by atoms with Gasteiger partial charge in [-0.15, -0.1) is 0 Å². The fraction of sp³-hybridized carbons (Fsp3) is 0.0690. The van der Waals surface area contributed by atoms with Crippen molar-refractivity contribution >= 4 is 22.8 Å². The van der Waals surface area contributed by atoms with Crippen molar-refractivity contribution < 1.29 is 42.1 Å². The zero-order valence-corrected chi connectivity index (χ0v) is 22.6. The normalized spacial score (nSPS) is 10.9. The van der Waals surface area contributed by atoms with E-state index >= 15 is 8.78 Å². The molecule has 224 valence electrons. The van der Waals surface area contributed by atoms with Crippen LogP contribution in [0.4, 0.5) is 13.2 Å². The molecule has 15 heteroatoms. The number of hydrogen-bond donors (Lipinski definition) is 2. The summed E-state index contributed by atoms with van der Waals surface area (Å²) >= 11 is 0. The Morgan fingerprint density at radius 3 is 2.18 bits per heavy atom. The number of amides is 1. The number of carboxylic acid groups (broad SMARTS) is 1. The molecular formula is C29H19F3N4O8. The molecule has 44 heavy (non-hydrogen) atoms. The number of carbonyl (C=O) groups is 2. The average Bonchev–Trinajstić information content (AvgIpc) is 2.99. The van der Waals surface area contributed by atoms with Crippen molar-refractivity contribution in [1.82, 2.24) is 14.1 Å². The second-order valence-electron chi connectivity index (χ2n) is 9.01. The van der Waals surface area contributed by atoms with Crippen molar-refractivity contribution in [1.29, 1.82) is 0 Å². The first-order valence-corrected chi connectivity index (χ1v) is 12.4. The number of nitrogens with zero attached hydrogens (tertiary/aromatic N) is 3. The number of primary amides is 1. The predicted molar refractivity (Wildman–Crippen MR) is 148 cm³/mol. The predicted octanol–water partition coefficient (Wildman–Crippen LogP) is 3.56. The molecule has 0 radical (unpaired) electrons. The summed E-state index contributed by atoms with van der Waals surface area (Å²) in [5.74, 6) is -7.74. The highest BCUT2D eigenvalue weighted by molar-refractivity contribution is 5.97. The lowest BCUT2D eigenvalue weighted by Gasteiger charge is -2.18. The topological polar surface area (TPSA) is 165 Å². The maximum absolute atomic E-state index is 16.3. The molecule has 0 saturated carbocycles. The first-order valence-electron chi connectivity index (χ1n) is 12.4. The van der Waals surface area contributed by atoms with Gasteiger partial charge in [-0.3, -0.25) is 19.1 Å². The van der Waals surface area contributed by atoms with Gasteiger partial charge in [0, 0.05) is 23.8 Å². The minimum Gasteiger partial charge on any atom is -0.493 e. The summed E-state index contributed by atoms with van der Waals surface area (Å²) < 4.78 is 62.0. The number of rotatable bonds is 8. The summed E-state index contributed by atoms with van der Waals surface area (Å²) in [6.07, 6.45) is 1.73. The zero-order valence-electron chi connectivity index (χ0n) is 22.6. The number of hydrogen-bond acceptors (Lipinski definition) is 8. The summed E-state index contributed by atoms with van der Waals surface area (Å²) in [4.78, 5) is 55.0. The third-order valence-corrected chi connectivity index (χ3v) is 6.48. The van der Waals surface area contributed by atoms with E-state index < -0.39 is 63.1 Å². The quantitative estimate of drug-likeness (QED) is 0.268. The van der Waals surface area contributed by atoms with Gasteiger partial charge in [0.2, 0.25) is 5.75 Å². The van der Waals surface area contributed by atoms with Crippen molar-refractivity contribution in [2.24, 2.45) is 5.73 Å². The first kappa shape index (κ1) is 29.4. The van der Waals surface area contributed by atoms with E-state index in [1.807, 2.05) is 0 Å². The monoisotopic (exact) mass is 608 g/mol. The van der Waals surface area contributed by atoms with Crippen LogP contribution in [0, 0.1) is 17.5 Å². The molecule has 0 fully saturated rings. The Hall–Kier alpha value is -6.12. The van der Waals surface area contributed by atoms with E-state index in [0.717, 1.165) is 24.3 Å². The Balaban J connectivity index is 1.80. The first-order chi connectivity index (χ1) is 21.0. The number of nitrogens with two attached hydrogens (primary N) is 1. The second kappa shape index (κ2) is 11.3. The largest absolute Gasteiger partial charge is 0.493 e. The molecule has 0 spiro atoms. The molecule has 0 saturated heterocycles. The highest BCUT2D eigenvalue weighted by atomic mass is 19.1. The lowest BCUT2D eigenvalue weighted by molar-refractivity contribution is 0.0693. The van der Waals surface area contributed by atoms with E-state index in [1.165, 1.54) is 38.6 Å². The Kier molecular flexibility index (Phi) is 7.53. The fourth-order valence-electron chi connectivity index (χ4n) is 4.43. The van der Waals surface area contributed by atoms with Crippen LogP contribution in [-0.4, -0.2) is 45.3 Å². The number of carbonyl (C=O) groups excluding carboxylic acids is 1. The maximum Gasteiger partial charge on any atom is 0.342 e. The molecule has 3 N–H and O–H groups in total. The molecule has 2 heterocycles. The van der Waals surface area contributed by atoms with Crippen LogP contribution in [0.3, 0.4) is 0 Å². The van der Waals surface area contributed by atoms with Gasteiger partial charge in [0.15, 0.2) is 23.1 Å². The second-order valence-corrected chi connectivity index (χ2v) is 9.01. The molecule has 0 atom stereocenters. The van der Waals surface area contributed by atoms with Crippen molar-refractivity contribution in [3.63, 3.8) is 0 Å². The maximum atomic E-state index is 16.3. The minimum atomic E-state index is -1.83. The molecular weight excluding hydrogens is 589 g/mol. The molecule has 2 aromatic heterocycles. The van der Waals surface area contributed by atoms with Gasteiger partial charge in [-0.05, 0) is 42.5 Å². The number of ether oxygens (including phenoxy) is 3. The number of pyridine rings is 1.